The van der Waals surface area contributed by atoms with Crippen molar-refractivity contribution in [3.05, 3.63) is 0 Å². The summed E-state index contributed by atoms with van der Waals surface area (Å²) < 4.78 is 13.7. The zero-order valence-electron chi connectivity index (χ0n) is 5.70. The van der Waals surface area contributed by atoms with E-state index in [4.69, 9.17) is 0 Å². The zero-order valence-corrected chi connectivity index (χ0v) is 9.45. The van der Waals surface area contributed by atoms with Crippen LogP contribution in [0.1, 0.15) is 19.8 Å². The molecule has 0 amide bonds. The summed E-state index contributed by atoms with van der Waals surface area (Å²) in [6, 6.07) is 0. The van der Waals surface area contributed by atoms with Crippen molar-refractivity contribution in [2.45, 2.75) is 19.8 Å². The number of phosphoric acid groups is 1. The van der Waals surface area contributed by atoms with Crippen molar-refractivity contribution in [1.29, 1.82) is 0 Å². The van der Waals surface area contributed by atoms with Crippen LogP contribution in [0.2, 0.25) is 0 Å². The Hall–Kier alpha value is 0.909. The van der Waals surface area contributed by atoms with Gasteiger partial charge in [-0.3, -0.25) is 0 Å². The first-order valence-electron chi connectivity index (χ1n) is 2.73. The van der Waals surface area contributed by atoms with Gasteiger partial charge >= 0.3 is 23.9 Å². The molecule has 0 unspecified atom stereocenters. The van der Waals surface area contributed by atoms with Gasteiger partial charge in [0, 0.05) is 0 Å². The van der Waals surface area contributed by atoms with Crippen LogP contribution in [0.15, 0.2) is 0 Å². The fraction of sp³-hybridized carbons (Fsp3) is 1.00. The maximum Gasteiger partial charge on any atom is 2.00 e. The topological polar surface area (TPSA) is 72.4 Å². The fourth-order valence-corrected chi connectivity index (χ4v) is 0.673. The molecule has 0 fully saturated rings. The summed E-state index contributed by atoms with van der Waals surface area (Å²) in [5.41, 5.74) is 0. The third-order valence-corrected chi connectivity index (χ3v) is 1.25. The van der Waals surface area contributed by atoms with Crippen LogP contribution in [-0.2, 0) is 9.09 Å². The number of hydrogen-bond donors (Lipinski definition) is 0. The zero-order chi connectivity index (χ0) is 7.33. The maximum absolute atomic E-state index is 9.76. The molecule has 0 aliphatic rings. The summed E-state index contributed by atoms with van der Waals surface area (Å²) in [5, 5.41) is 0. The molecule has 0 spiro atoms. The second-order valence-corrected chi connectivity index (χ2v) is 2.79. The second-order valence-electron chi connectivity index (χ2n) is 1.63. The third-order valence-electron chi connectivity index (χ3n) is 0.747. The monoisotopic (exact) mass is 272 g/mol. The van der Waals surface area contributed by atoms with E-state index < -0.39 is 7.82 Å². The van der Waals surface area contributed by atoms with Gasteiger partial charge in [0.2, 0.25) is 0 Å². The van der Waals surface area contributed by atoms with Crippen molar-refractivity contribution in [2.75, 3.05) is 6.61 Å². The molecule has 10 heavy (non-hydrogen) atoms. The van der Waals surface area contributed by atoms with E-state index in [-0.39, 0.29) is 30.5 Å². The molecule has 0 saturated carbocycles. The molecule has 0 aromatic rings. The largest absolute Gasteiger partial charge is 2.00 e. The van der Waals surface area contributed by atoms with Gasteiger partial charge in [0.1, 0.15) is 0 Å². The Kier molecular flexibility index (Phi) is 8.92. The molecule has 58 valence electrons. The van der Waals surface area contributed by atoms with Crippen LogP contribution in [0.5, 0.6) is 0 Å². The Balaban J connectivity index is 0. The van der Waals surface area contributed by atoms with E-state index in [1.54, 1.807) is 0 Å². The number of rotatable bonds is 4. The first-order chi connectivity index (χ1) is 4.06. The van der Waals surface area contributed by atoms with Crippen molar-refractivity contribution in [3.63, 3.8) is 0 Å². The molecular formula is C4H9O4PSn. The van der Waals surface area contributed by atoms with Crippen LogP contribution in [0, 0.1) is 0 Å². The molecule has 0 heterocycles. The summed E-state index contributed by atoms with van der Waals surface area (Å²) in [6.45, 7) is 1.89. The van der Waals surface area contributed by atoms with Gasteiger partial charge in [-0.15, -0.1) is 0 Å². The molecule has 0 aromatic carbocycles. The van der Waals surface area contributed by atoms with Crippen LogP contribution in [0.25, 0.3) is 0 Å². The van der Waals surface area contributed by atoms with Gasteiger partial charge < -0.3 is 18.9 Å². The summed E-state index contributed by atoms with van der Waals surface area (Å²) in [5.74, 6) is 0. The molecule has 4 nitrogen and oxygen atoms in total. The van der Waals surface area contributed by atoms with E-state index in [9.17, 15) is 14.4 Å². The predicted molar refractivity (Wildman–Crippen MR) is 34.2 cm³/mol. The smallest absolute Gasteiger partial charge is 0.790 e. The second kappa shape index (κ2) is 6.61. The van der Waals surface area contributed by atoms with E-state index >= 15 is 0 Å². The van der Waals surface area contributed by atoms with Crippen LogP contribution < -0.4 is 9.79 Å². The van der Waals surface area contributed by atoms with Crippen molar-refractivity contribution in [1.82, 2.24) is 0 Å². The standard InChI is InChI=1S/C4H11O4P.Sn/c1-2-3-4-8-9(5,6)7;/h2-4H2,1H3,(H2,5,6,7);/q;+2/p-2. The van der Waals surface area contributed by atoms with Crippen LogP contribution in [0.3, 0.4) is 0 Å². The molecule has 6 heteroatoms. The Morgan fingerprint density at radius 2 is 2.00 bits per heavy atom. The van der Waals surface area contributed by atoms with Crippen LogP contribution in [-0.4, -0.2) is 30.5 Å². The first-order valence-corrected chi connectivity index (χ1v) is 4.19. The van der Waals surface area contributed by atoms with Crippen molar-refractivity contribution in [3.8, 4) is 0 Å². The summed E-state index contributed by atoms with van der Waals surface area (Å²) in [6.07, 6.45) is 1.43. The molecule has 0 aliphatic carbocycles. The molecule has 0 saturated heterocycles. The minimum absolute atomic E-state index is 0. The average molecular weight is 271 g/mol. The van der Waals surface area contributed by atoms with Crippen LogP contribution in [0.4, 0.5) is 0 Å². The van der Waals surface area contributed by atoms with Gasteiger partial charge in [-0.1, -0.05) is 13.3 Å². The maximum atomic E-state index is 9.76. The molecule has 0 rings (SSSR count). The van der Waals surface area contributed by atoms with Crippen LogP contribution >= 0.6 is 7.82 Å². The predicted octanol–water partition coefficient (Wildman–Crippen LogP) is -0.749. The first kappa shape index (κ1) is 13.5. The fourth-order valence-electron chi connectivity index (χ4n) is 0.321. The SMILES string of the molecule is CCCCOP(=O)([O-])[O-].[Sn+2]. The van der Waals surface area contributed by atoms with E-state index in [1.807, 2.05) is 6.92 Å². The van der Waals surface area contributed by atoms with E-state index in [2.05, 4.69) is 4.52 Å². The molecular weight excluding hydrogens is 262 g/mol. The van der Waals surface area contributed by atoms with Crippen molar-refractivity contribution >= 4 is 31.7 Å². The van der Waals surface area contributed by atoms with Gasteiger partial charge in [-0.25, -0.2) is 0 Å². The molecule has 0 aliphatic heterocycles. The molecule has 0 aromatic heterocycles. The normalized spacial score (nSPS) is 10.7. The van der Waals surface area contributed by atoms with E-state index in [1.165, 1.54) is 0 Å². The van der Waals surface area contributed by atoms with Gasteiger partial charge in [-0.05, 0) is 6.42 Å². The Morgan fingerprint density at radius 3 is 2.30 bits per heavy atom. The number of phosphoric ester groups is 1. The molecule has 0 N–H and O–H groups in total. The third kappa shape index (κ3) is 11.7. The van der Waals surface area contributed by atoms with Gasteiger partial charge in [0.15, 0.2) is 0 Å². The van der Waals surface area contributed by atoms with Crippen molar-refractivity contribution < 1.29 is 18.9 Å². The summed E-state index contributed by atoms with van der Waals surface area (Å²) >= 11 is 0. The van der Waals surface area contributed by atoms with Gasteiger partial charge in [0.25, 0.3) is 0 Å². The van der Waals surface area contributed by atoms with Gasteiger partial charge in [-0.2, -0.15) is 0 Å². The number of unbranched alkanes of at least 4 members (excludes halogenated alkanes) is 1. The quantitative estimate of drug-likeness (QED) is 0.383. The molecule has 0 bridgehead atoms. The summed E-state index contributed by atoms with van der Waals surface area (Å²) in [4.78, 5) is 19.5. The van der Waals surface area contributed by atoms with Crippen molar-refractivity contribution in [2.24, 2.45) is 0 Å². The Morgan fingerprint density at radius 1 is 1.50 bits per heavy atom. The Labute approximate surface area is 77.2 Å². The van der Waals surface area contributed by atoms with E-state index in [0.717, 1.165) is 6.42 Å². The molecule has 2 radical (unpaired) electrons. The number of hydrogen-bond acceptors (Lipinski definition) is 4. The minimum Gasteiger partial charge on any atom is -0.790 e. The van der Waals surface area contributed by atoms with E-state index in [0.29, 0.717) is 6.42 Å². The molecule has 0 atom stereocenters. The minimum atomic E-state index is -4.70. The Bertz CT molecular complexity index is 112. The summed E-state index contributed by atoms with van der Waals surface area (Å²) in [7, 11) is -4.70. The van der Waals surface area contributed by atoms with Gasteiger partial charge in [0.05, 0.1) is 14.4 Å². The average Bonchev–Trinajstić information content (AvgIpc) is 1.63.